The van der Waals surface area contributed by atoms with Gasteiger partial charge in [0.15, 0.2) is 0 Å². The minimum atomic E-state index is -0.325. The summed E-state index contributed by atoms with van der Waals surface area (Å²) in [6.07, 6.45) is 0.787. The number of nitrogens with zero attached hydrogens (tertiary/aromatic N) is 2. The maximum atomic E-state index is 6.13. The standard InChI is InChI=1S/C11H21N3O/c1-5-14-10(6-9(2)13-14)7-11(3,12)8-15-4/h6H,5,7-8,12H2,1-4H3. The number of hydrogen-bond donors (Lipinski definition) is 1. The third kappa shape index (κ3) is 3.32. The van der Waals surface area contributed by atoms with Crippen molar-refractivity contribution in [3.05, 3.63) is 17.5 Å². The zero-order valence-corrected chi connectivity index (χ0v) is 10.1. The van der Waals surface area contributed by atoms with Crippen LogP contribution in [0, 0.1) is 6.92 Å². The quantitative estimate of drug-likeness (QED) is 0.794. The first-order chi connectivity index (χ1) is 6.98. The molecular weight excluding hydrogens is 190 g/mol. The lowest BCUT2D eigenvalue weighted by molar-refractivity contribution is 0.139. The highest BCUT2D eigenvalue weighted by Crippen LogP contribution is 2.12. The largest absolute Gasteiger partial charge is 0.383 e. The molecule has 15 heavy (non-hydrogen) atoms. The molecule has 2 N–H and O–H groups in total. The Hall–Kier alpha value is -0.870. The van der Waals surface area contributed by atoms with E-state index in [-0.39, 0.29) is 5.54 Å². The van der Waals surface area contributed by atoms with E-state index in [0.29, 0.717) is 6.61 Å². The second kappa shape index (κ2) is 4.77. The summed E-state index contributed by atoms with van der Waals surface area (Å²) >= 11 is 0. The van der Waals surface area contributed by atoms with Crippen molar-refractivity contribution in [1.29, 1.82) is 0 Å². The lowest BCUT2D eigenvalue weighted by atomic mass is 9.98. The molecule has 4 nitrogen and oxygen atoms in total. The van der Waals surface area contributed by atoms with Crippen LogP contribution in [0.2, 0.25) is 0 Å². The number of rotatable bonds is 5. The number of ether oxygens (including phenoxy) is 1. The van der Waals surface area contributed by atoms with Crippen molar-refractivity contribution in [2.75, 3.05) is 13.7 Å². The van der Waals surface area contributed by atoms with Crippen LogP contribution in [0.5, 0.6) is 0 Å². The van der Waals surface area contributed by atoms with Crippen molar-refractivity contribution in [3.63, 3.8) is 0 Å². The molecule has 0 bridgehead atoms. The summed E-state index contributed by atoms with van der Waals surface area (Å²) in [6, 6.07) is 2.09. The minimum Gasteiger partial charge on any atom is -0.383 e. The van der Waals surface area contributed by atoms with Crippen LogP contribution < -0.4 is 5.73 Å². The second-order valence-corrected chi connectivity index (χ2v) is 4.36. The first kappa shape index (κ1) is 12.2. The van der Waals surface area contributed by atoms with Crippen molar-refractivity contribution in [3.8, 4) is 0 Å². The molecule has 0 spiro atoms. The SMILES string of the molecule is CCn1nc(C)cc1CC(C)(N)COC. The van der Waals surface area contributed by atoms with Gasteiger partial charge in [0.1, 0.15) is 0 Å². The van der Waals surface area contributed by atoms with E-state index in [2.05, 4.69) is 18.1 Å². The van der Waals surface area contributed by atoms with Gasteiger partial charge in [0.25, 0.3) is 0 Å². The molecule has 0 saturated carbocycles. The Kier molecular flexibility index (Phi) is 3.88. The molecule has 0 aliphatic rings. The van der Waals surface area contributed by atoms with Crippen LogP contribution in [-0.2, 0) is 17.7 Å². The average molecular weight is 211 g/mol. The minimum absolute atomic E-state index is 0.325. The van der Waals surface area contributed by atoms with Gasteiger partial charge in [-0.15, -0.1) is 0 Å². The molecule has 0 radical (unpaired) electrons. The Morgan fingerprint density at radius 3 is 2.80 bits per heavy atom. The molecule has 1 heterocycles. The maximum absolute atomic E-state index is 6.13. The van der Waals surface area contributed by atoms with E-state index in [4.69, 9.17) is 10.5 Å². The average Bonchev–Trinajstić information content (AvgIpc) is 2.44. The Labute approximate surface area is 91.4 Å². The summed E-state index contributed by atoms with van der Waals surface area (Å²) in [6.45, 7) is 7.52. The molecule has 0 aliphatic carbocycles. The second-order valence-electron chi connectivity index (χ2n) is 4.36. The number of aromatic nitrogens is 2. The summed E-state index contributed by atoms with van der Waals surface area (Å²) in [5.74, 6) is 0. The molecule has 0 amide bonds. The first-order valence-corrected chi connectivity index (χ1v) is 5.29. The lowest BCUT2D eigenvalue weighted by Gasteiger charge is -2.23. The van der Waals surface area contributed by atoms with Gasteiger partial charge in [-0.25, -0.2) is 0 Å². The molecule has 0 saturated heterocycles. The Balaban J connectivity index is 2.78. The molecule has 4 heteroatoms. The van der Waals surface area contributed by atoms with Crippen LogP contribution in [0.15, 0.2) is 6.07 Å². The fourth-order valence-electron chi connectivity index (χ4n) is 1.81. The number of hydrogen-bond acceptors (Lipinski definition) is 3. The molecular formula is C11H21N3O. The van der Waals surface area contributed by atoms with E-state index < -0.39 is 0 Å². The summed E-state index contributed by atoms with van der Waals surface area (Å²) < 4.78 is 7.10. The van der Waals surface area contributed by atoms with E-state index in [9.17, 15) is 0 Å². The maximum Gasteiger partial charge on any atom is 0.0643 e. The monoisotopic (exact) mass is 211 g/mol. The van der Waals surface area contributed by atoms with E-state index in [1.165, 1.54) is 5.69 Å². The zero-order valence-electron chi connectivity index (χ0n) is 10.1. The Bertz CT molecular complexity index is 318. The summed E-state index contributed by atoms with van der Waals surface area (Å²) in [5, 5.41) is 4.39. The van der Waals surface area contributed by atoms with Crippen LogP contribution in [0.1, 0.15) is 25.2 Å². The third-order valence-corrected chi connectivity index (χ3v) is 2.34. The molecule has 0 fully saturated rings. The van der Waals surface area contributed by atoms with Gasteiger partial charge in [-0.3, -0.25) is 4.68 Å². The number of aryl methyl sites for hydroxylation is 2. The molecule has 0 aliphatic heterocycles. The van der Waals surface area contributed by atoms with Gasteiger partial charge in [-0.2, -0.15) is 5.10 Å². The molecule has 0 aromatic carbocycles. The molecule has 1 aromatic rings. The topological polar surface area (TPSA) is 53.1 Å². The normalized spacial score (nSPS) is 15.3. The number of methoxy groups -OCH3 is 1. The zero-order chi connectivity index (χ0) is 11.5. The molecule has 1 unspecified atom stereocenters. The molecule has 1 atom stereocenters. The predicted octanol–water partition coefficient (Wildman–Crippen LogP) is 1.12. The van der Waals surface area contributed by atoms with E-state index in [1.54, 1.807) is 7.11 Å². The van der Waals surface area contributed by atoms with Gasteiger partial charge in [0, 0.05) is 31.3 Å². The first-order valence-electron chi connectivity index (χ1n) is 5.29. The van der Waals surface area contributed by atoms with Crippen molar-refractivity contribution in [2.24, 2.45) is 5.73 Å². The lowest BCUT2D eigenvalue weighted by Crippen LogP contribution is -2.43. The highest BCUT2D eigenvalue weighted by molar-refractivity contribution is 5.12. The summed E-state index contributed by atoms with van der Waals surface area (Å²) in [5.41, 5.74) is 8.02. The van der Waals surface area contributed by atoms with Crippen molar-refractivity contribution < 1.29 is 4.74 Å². The van der Waals surface area contributed by atoms with Crippen molar-refractivity contribution >= 4 is 0 Å². The van der Waals surface area contributed by atoms with Crippen LogP contribution in [0.25, 0.3) is 0 Å². The van der Waals surface area contributed by atoms with Crippen LogP contribution in [0.4, 0.5) is 0 Å². The van der Waals surface area contributed by atoms with Gasteiger partial charge in [-0.05, 0) is 26.8 Å². The van der Waals surface area contributed by atoms with Crippen LogP contribution in [-0.4, -0.2) is 29.0 Å². The third-order valence-electron chi connectivity index (χ3n) is 2.34. The molecule has 1 aromatic heterocycles. The van der Waals surface area contributed by atoms with Crippen LogP contribution in [0.3, 0.4) is 0 Å². The summed E-state index contributed by atoms with van der Waals surface area (Å²) in [4.78, 5) is 0. The highest BCUT2D eigenvalue weighted by atomic mass is 16.5. The van der Waals surface area contributed by atoms with Gasteiger partial charge in [-0.1, -0.05) is 0 Å². The van der Waals surface area contributed by atoms with Crippen molar-refractivity contribution in [1.82, 2.24) is 9.78 Å². The predicted molar refractivity (Wildman–Crippen MR) is 60.8 cm³/mol. The van der Waals surface area contributed by atoms with Gasteiger partial charge < -0.3 is 10.5 Å². The number of nitrogens with two attached hydrogens (primary N) is 1. The van der Waals surface area contributed by atoms with Crippen LogP contribution >= 0.6 is 0 Å². The van der Waals surface area contributed by atoms with E-state index in [1.807, 2.05) is 18.5 Å². The fourth-order valence-corrected chi connectivity index (χ4v) is 1.81. The summed E-state index contributed by atoms with van der Waals surface area (Å²) in [7, 11) is 1.67. The van der Waals surface area contributed by atoms with Gasteiger partial charge in [0.05, 0.1) is 12.3 Å². The van der Waals surface area contributed by atoms with E-state index in [0.717, 1.165) is 18.7 Å². The Morgan fingerprint density at radius 2 is 2.27 bits per heavy atom. The smallest absolute Gasteiger partial charge is 0.0643 e. The Morgan fingerprint density at radius 1 is 1.60 bits per heavy atom. The fraction of sp³-hybridized carbons (Fsp3) is 0.727. The molecule has 1 rings (SSSR count). The van der Waals surface area contributed by atoms with Crippen molar-refractivity contribution in [2.45, 2.75) is 39.3 Å². The van der Waals surface area contributed by atoms with Gasteiger partial charge >= 0.3 is 0 Å². The molecule has 86 valence electrons. The van der Waals surface area contributed by atoms with Gasteiger partial charge in [0.2, 0.25) is 0 Å². The highest BCUT2D eigenvalue weighted by Gasteiger charge is 2.21. The van der Waals surface area contributed by atoms with E-state index >= 15 is 0 Å².